The molecule has 0 saturated carbocycles. The maximum atomic E-state index is 12.5. The highest BCUT2D eigenvalue weighted by Gasteiger charge is 2.24. The first-order valence-corrected chi connectivity index (χ1v) is 8.04. The van der Waals surface area contributed by atoms with Gasteiger partial charge in [-0.25, -0.2) is 0 Å². The monoisotopic (exact) mass is 302 g/mol. The maximum absolute atomic E-state index is 12.5. The number of carbonyl (C=O) groups excluding carboxylic acids is 2. The molecule has 0 spiro atoms. The van der Waals surface area contributed by atoms with E-state index in [2.05, 4.69) is 0 Å². The first-order valence-electron chi connectivity index (χ1n) is 8.04. The smallest absolute Gasteiger partial charge is 0.254 e. The molecule has 2 amide bonds. The molecule has 0 unspecified atom stereocenters. The molecule has 1 fully saturated rings. The van der Waals surface area contributed by atoms with E-state index in [0.29, 0.717) is 12.3 Å². The van der Waals surface area contributed by atoms with E-state index in [1.54, 1.807) is 19.0 Å². The Labute approximate surface area is 133 Å². The van der Waals surface area contributed by atoms with Crippen LogP contribution in [0.3, 0.4) is 0 Å². The molecule has 2 rings (SSSR count). The largest absolute Gasteiger partial charge is 0.349 e. The fraction of sp³-hybridized carbons (Fsp3) is 0.556. The van der Waals surface area contributed by atoms with Crippen molar-refractivity contribution < 1.29 is 9.59 Å². The third-order valence-corrected chi connectivity index (χ3v) is 4.54. The summed E-state index contributed by atoms with van der Waals surface area (Å²) in [5.41, 5.74) is 1.84. The summed E-state index contributed by atoms with van der Waals surface area (Å²) >= 11 is 0. The highest BCUT2D eigenvalue weighted by molar-refractivity contribution is 5.95. The van der Waals surface area contributed by atoms with Crippen molar-refractivity contribution in [2.24, 2.45) is 5.92 Å². The van der Waals surface area contributed by atoms with Crippen LogP contribution in [0.25, 0.3) is 0 Å². The lowest BCUT2D eigenvalue weighted by Gasteiger charge is -2.32. The second-order valence-corrected chi connectivity index (χ2v) is 6.38. The molecule has 1 saturated heterocycles. The Kier molecular flexibility index (Phi) is 5.58. The zero-order valence-electron chi connectivity index (χ0n) is 13.8. The molecule has 1 aliphatic heterocycles. The summed E-state index contributed by atoms with van der Waals surface area (Å²) in [6, 6.07) is 7.76. The van der Waals surface area contributed by atoms with Gasteiger partial charge in [-0.05, 0) is 43.7 Å². The predicted molar refractivity (Wildman–Crippen MR) is 87.7 cm³/mol. The van der Waals surface area contributed by atoms with Gasteiger partial charge < -0.3 is 9.80 Å². The van der Waals surface area contributed by atoms with E-state index in [9.17, 15) is 9.59 Å². The van der Waals surface area contributed by atoms with Gasteiger partial charge in [0.25, 0.3) is 5.91 Å². The summed E-state index contributed by atoms with van der Waals surface area (Å²) in [6.07, 6.45) is 3.55. The van der Waals surface area contributed by atoms with Gasteiger partial charge in [0, 0.05) is 39.2 Å². The molecule has 0 aliphatic carbocycles. The summed E-state index contributed by atoms with van der Waals surface area (Å²) in [6.45, 7) is 3.58. The lowest BCUT2D eigenvalue weighted by atomic mass is 9.91. The number of piperidine rings is 1. The van der Waals surface area contributed by atoms with E-state index in [0.717, 1.165) is 43.5 Å². The van der Waals surface area contributed by atoms with Crippen LogP contribution in [0, 0.1) is 12.8 Å². The van der Waals surface area contributed by atoms with Gasteiger partial charge in [0.15, 0.2) is 0 Å². The first-order chi connectivity index (χ1) is 10.5. The summed E-state index contributed by atoms with van der Waals surface area (Å²) in [4.78, 5) is 27.8. The third kappa shape index (κ3) is 4.09. The summed E-state index contributed by atoms with van der Waals surface area (Å²) < 4.78 is 0. The molecule has 1 aromatic carbocycles. The number of nitrogens with zero attached hydrogens (tertiary/aromatic N) is 2. The van der Waals surface area contributed by atoms with E-state index in [4.69, 9.17) is 0 Å². The Hall–Kier alpha value is -1.84. The molecular formula is C18H26N2O2. The van der Waals surface area contributed by atoms with Crippen LogP contribution in [0.5, 0.6) is 0 Å². The standard InChI is InChI=1S/C18H26N2O2/c1-14-6-4-5-7-16(14)18(22)20-12-10-15(11-13-20)8-9-17(21)19(2)3/h4-7,15H,8-13H2,1-3H3. The molecular weight excluding hydrogens is 276 g/mol. The van der Waals surface area contributed by atoms with Crippen molar-refractivity contribution in [3.8, 4) is 0 Å². The first kappa shape index (κ1) is 16.5. The van der Waals surface area contributed by atoms with Crippen molar-refractivity contribution in [3.63, 3.8) is 0 Å². The number of aryl methyl sites for hydroxylation is 1. The fourth-order valence-electron chi connectivity index (χ4n) is 2.96. The predicted octanol–water partition coefficient (Wildman–Crippen LogP) is 2.72. The minimum absolute atomic E-state index is 0.140. The van der Waals surface area contributed by atoms with Crippen molar-refractivity contribution in [1.29, 1.82) is 0 Å². The van der Waals surface area contributed by atoms with E-state index in [1.807, 2.05) is 36.1 Å². The van der Waals surface area contributed by atoms with Gasteiger partial charge in [0.05, 0.1) is 0 Å². The van der Waals surface area contributed by atoms with Crippen LogP contribution < -0.4 is 0 Å². The van der Waals surface area contributed by atoms with E-state index in [1.165, 1.54) is 0 Å². The van der Waals surface area contributed by atoms with Gasteiger partial charge in [0.2, 0.25) is 5.91 Å². The summed E-state index contributed by atoms with van der Waals surface area (Å²) in [7, 11) is 3.59. The molecule has 0 radical (unpaired) electrons. The maximum Gasteiger partial charge on any atom is 0.254 e. The van der Waals surface area contributed by atoms with Gasteiger partial charge in [-0.1, -0.05) is 18.2 Å². The normalized spacial score (nSPS) is 15.7. The van der Waals surface area contributed by atoms with Crippen molar-refractivity contribution >= 4 is 11.8 Å². The Balaban J connectivity index is 1.83. The molecule has 1 heterocycles. The molecule has 0 bridgehead atoms. The van der Waals surface area contributed by atoms with E-state index in [-0.39, 0.29) is 11.8 Å². The lowest BCUT2D eigenvalue weighted by Crippen LogP contribution is -2.39. The average Bonchev–Trinajstić information content (AvgIpc) is 2.52. The molecule has 4 heteroatoms. The highest BCUT2D eigenvalue weighted by atomic mass is 16.2. The SMILES string of the molecule is Cc1ccccc1C(=O)N1CCC(CCC(=O)N(C)C)CC1. The zero-order valence-corrected chi connectivity index (χ0v) is 13.8. The van der Waals surface area contributed by atoms with Gasteiger partial charge in [-0.2, -0.15) is 0 Å². The number of carbonyl (C=O) groups is 2. The van der Waals surface area contributed by atoms with Crippen LogP contribution in [0.4, 0.5) is 0 Å². The number of rotatable bonds is 4. The number of hydrogen-bond donors (Lipinski definition) is 0. The zero-order chi connectivity index (χ0) is 16.1. The molecule has 0 aromatic heterocycles. The second-order valence-electron chi connectivity index (χ2n) is 6.38. The topological polar surface area (TPSA) is 40.6 Å². The fourth-order valence-corrected chi connectivity index (χ4v) is 2.96. The Morgan fingerprint density at radius 3 is 2.41 bits per heavy atom. The summed E-state index contributed by atoms with van der Waals surface area (Å²) in [5, 5.41) is 0. The molecule has 120 valence electrons. The van der Waals surface area contributed by atoms with Crippen LogP contribution in [-0.2, 0) is 4.79 Å². The second kappa shape index (κ2) is 7.43. The van der Waals surface area contributed by atoms with E-state index >= 15 is 0 Å². The Morgan fingerprint density at radius 2 is 1.82 bits per heavy atom. The minimum atomic E-state index is 0.140. The Bertz CT molecular complexity index is 532. The molecule has 22 heavy (non-hydrogen) atoms. The van der Waals surface area contributed by atoms with Crippen molar-refractivity contribution in [2.45, 2.75) is 32.6 Å². The van der Waals surface area contributed by atoms with Gasteiger partial charge in [-0.3, -0.25) is 9.59 Å². The minimum Gasteiger partial charge on any atom is -0.349 e. The Morgan fingerprint density at radius 1 is 1.18 bits per heavy atom. The summed E-state index contributed by atoms with van der Waals surface area (Å²) in [5.74, 6) is 0.893. The molecule has 0 N–H and O–H groups in total. The van der Waals surface area contributed by atoms with Crippen molar-refractivity contribution in [2.75, 3.05) is 27.2 Å². The van der Waals surface area contributed by atoms with Gasteiger partial charge in [0.1, 0.15) is 0 Å². The number of likely N-dealkylation sites (tertiary alicyclic amines) is 1. The quantitative estimate of drug-likeness (QED) is 0.858. The van der Waals surface area contributed by atoms with Gasteiger partial charge >= 0.3 is 0 Å². The third-order valence-electron chi connectivity index (χ3n) is 4.54. The highest BCUT2D eigenvalue weighted by Crippen LogP contribution is 2.24. The molecule has 1 aliphatic rings. The molecule has 1 aromatic rings. The van der Waals surface area contributed by atoms with Crippen LogP contribution >= 0.6 is 0 Å². The molecule has 0 atom stereocenters. The van der Waals surface area contributed by atoms with Gasteiger partial charge in [-0.15, -0.1) is 0 Å². The number of benzene rings is 1. The van der Waals surface area contributed by atoms with Crippen molar-refractivity contribution in [3.05, 3.63) is 35.4 Å². The number of hydrogen-bond acceptors (Lipinski definition) is 2. The van der Waals surface area contributed by atoms with Crippen LogP contribution in [0.2, 0.25) is 0 Å². The van der Waals surface area contributed by atoms with Crippen molar-refractivity contribution in [1.82, 2.24) is 9.80 Å². The number of amides is 2. The van der Waals surface area contributed by atoms with Crippen LogP contribution in [0.1, 0.15) is 41.6 Å². The van der Waals surface area contributed by atoms with Crippen LogP contribution in [0.15, 0.2) is 24.3 Å². The van der Waals surface area contributed by atoms with Crippen LogP contribution in [-0.4, -0.2) is 48.8 Å². The van der Waals surface area contributed by atoms with E-state index < -0.39 is 0 Å². The molecule has 4 nitrogen and oxygen atoms in total. The lowest BCUT2D eigenvalue weighted by molar-refractivity contribution is -0.129. The average molecular weight is 302 g/mol.